The van der Waals surface area contributed by atoms with E-state index in [0.717, 1.165) is 23.9 Å². The molecule has 1 atom stereocenters. The molecule has 2 N–H and O–H groups in total. The maximum absolute atomic E-state index is 12.1. The van der Waals surface area contributed by atoms with Crippen molar-refractivity contribution in [1.82, 2.24) is 9.71 Å². The van der Waals surface area contributed by atoms with Crippen LogP contribution < -0.4 is 4.72 Å². The van der Waals surface area contributed by atoms with Crippen molar-refractivity contribution >= 4 is 20.9 Å². The molecule has 6 heteroatoms. The number of aryl methyl sites for hydroxylation is 1. The molecule has 1 aliphatic rings. The largest absolute Gasteiger partial charge is 0.381 e. The van der Waals surface area contributed by atoms with Gasteiger partial charge in [-0.2, -0.15) is 0 Å². The molecular formula is C17H24N2O3S. The van der Waals surface area contributed by atoms with Crippen LogP contribution in [-0.4, -0.2) is 38.9 Å². The molecule has 1 fully saturated rings. The van der Waals surface area contributed by atoms with E-state index in [2.05, 4.69) is 34.8 Å². The fourth-order valence-electron chi connectivity index (χ4n) is 3.20. The van der Waals surface area contributed by atoms with E-state index in [4.69, 9.17) is 4.74 Å². The predicted octanol–water partition coefficient (Wildman–Crippen LogP) is 2.23. The molecule has 2 heterocycles. The molecule has 5 nitrogen and oxygen atoms in total. The van der Waals surface area contributed by atoms with Crippen LogP contribution >= 0.6 is 0 Å². The molecular weight excluding hydrogens is 312 g/mol. The van der Waals surface area contributed by atoms with Gasteiger partial charge in [-0.3, -0.25) is 0 Å². The first kappa shape index (κ1) is 16.5. The highest BCUT2D eigenvalue weighted by molar-refractivity contribution is 7.89. The summed E-state index contributed by atoms with van der Waals surface area (Å²) in [5.41, 5.74) is 3.61. The van der Waals surface area contributed by atoms with Gasteiger partial charge in [0.05, 0.1) is 12.4 Å². The van der Waals surface area contributed by atoms with E-state index in [1.165, 1.54) is 10.9 Å². The van der Waals surface area contributed by atoms with Crippen molar-refractivity contribution in [3.63, 3.8) is 0 Å². The van der Waals surface area contributed by atoms with Gasteiger partial charge < -0.3 is 9.72 Å². The number of aromatic amines is 1. The third-order valence-electron chi connectivity index (χ3n) is 4.46. The number of hydrogen-bond acceptors (Lipinski definition) is 3. The molecule has 1 aliphatic heterocycles. The van der Waals surface area contributed by atoms with Crippen molar-refractivity contribution in [2.45, 2.75) is 26.2 Å². The Balaban J connectivity index is 1.60. The van der Waals surface area contributed by atoms with Gasteiger partial charge in [-0.25, -0.2) is 13.1 Å². The van der Waals surface area contributed by atoms with E-state index in [1.807, 2.05) is 6.20 Å². The highest BCUT2D eigenvalue weighted by Gasteiger charge is 2.22. The van der Waals surface area contributed by atoms with Crippen LogP contribution in [0.5, 0.6) is 0 Å². The molecule has 3 rings (SSSR count). The summed E-state index contributed by atoms with van der Waals surface area (Å²) < 4.78 is 32.2. The number of para-hydroxylation sites is 1. The van der Waals surface area contributed by atoms with Crippen LogP contribution in [0.2, 0.25) is 0 Å². The summed E-state index contributed by atoms with van der Waals surface area (Å²) in [6, 6.07) is 6.27. The lowest BCUT2D eigenvalue weighted by Gasteiger charge is -2.10. The first-order valence-corrected chi connectivity index (χ1v) is 9.87. The fraction of sp³-hybridized carbons (Fsp3) is 0.529. The Morgan fingerprint density at radius 1 is 1.35 bits per heavy atom. The van der Waals surface area contributed by atoms with Gasteiger partial charge in [0.25, 0.3) is 0 Å². The third kappa shape index (κ3) is 3.94. The van der Waals surface area contributed by atoms with Crippen LogP contribution in [0.25, 0.3) is 10.9 Å². The summed E-state index contributed by atoms with van der Waals surface area (Å²) >= 11 is 0. The van der Waals surface area contributed by atoms with Gasteiger partial charge in [-0.15, -0.1) is 0 Å². The molecule has 0 amide bonds. The summed E-state index contributed by atoms with van der Waals surface area (Å²) in [7, 11) is -3.22. The number of hydrogen-bond donors (Lipinski definition) is 2. The summed E-state index contributed by atoms with van der Waals surface area (Å²) in [6.07, 6.45) is 4.49. The lowest BCUT2D eigenvalue weighted by atomic mass is 10.1. The Morgan fingerprint density at radius 2 is 2.22 bits per heavy atom. The molecule has 1 aromatic heterocycles. The smallest absolute Gasteiger partial charge is 0.211 e. The van der Waals surface area contributed by atoms with E-state index in [-0.39, 0.29) is 11.7 Å². The van der Waals surface area contributed by atoms with Gasteiger partial charge in [0, 0.05) is 30.3 Å². The standard InChI is InChI=1S/C17H24N2O3S/c1-2-14-4-3-5-16-15(10-18-17(14)16)6-8-19-23(20,21)12-13-7-9-22-11-13/h3-5,10,13,18-19H,2,6-9,11-12H2,1H3. The van der Waals surface area contributed by atoms with E-state index in [9.17, 15) is 8.42 Å². The van der Waals surface area contributed by atoms with Gasteiger partial charge in [0.1, 0.15) is 0 Å². The van der Waals surface area contributed by atoms with E-state index in [1.54, 1.807) is 0 Å². The van der Waals surface area contributed by atoms with Crippen molar-refractivity contribution in [2.24, 2.45) is 5.92 Å². The molecule has 0 radical (unpaired) electrons. The molecule has 0 bridgehead atoms. The molecule has 0 saturated carbocycles. The lowest BCUT2D eigenvalue weighted by Crippen LogP contribution is -2.31. The molecule has 23 heavy (non-hydrogen) atoms. The van der Waals surface area contributed by atoms with Crippen LogP contribution in [0.4, 0.5) is 0 Å². The van der Waals surface area contributed by atoms with E-state index < -0.39 is 10.0 Å². The van der Waals surface area contributed by atoms with Gasteiger partial charge in [0.15, 0.2) is 0 Å². The third-order valence-corrected chi connectivity index (χ3v) is 6.02. The Kier molecular flexibility index (Phi) is 5.04. The highest BCUT2D eigenvalue weighted by Crippen LogP contribution is 2.22. The second kappa shape index (κ2) is 7.03. The van der Waals surface area contributed by atoms with Crippen molar-refractivity contribution in [1.29, 1.82) is 0 Å². The Bertz CT molecular complexity index is 761. The minimum Gasteiger partial charge on any atom is -0.381 e. The number of H-pyrrole nitrogens is 1. The molecule has 1 aromatic carbocycles. The zero-order valence-corrected chi connectivity index (χ0v) is 14.3. The summed E-state index contributed by atoms with van der Waals surface area (Å²) in [4.78, 5) is 3.32. The number of sulfonamides is 1. The predicted molar refractivity (Wildman–Crippen MR) is 92.1 cm³/mol. The summed E-state index contributed by atoms with van der Waals surface area (Å²) in [5, 5.41) is 1.19. The van der Waals surface area contributed by atoms with Crippen LogP contribution in [0, 0.1) is 5.92 Å². The maximum atomic E-state index is 12.1. The number of fused-ring (bicyclic) bond motifs is 1. The van der Waals surface area contributed by atoms with Crippen molar-refractivity contribution in [3.8, 4) is 0 Å². The van der Waals surface area contributed by atoms with Crippen molar-refractivity contribution in [2.75, 3.05) is 25.5 Å². The van der Waals surface area contributed by atoms with Crippen molar-refractivity contribution < 1.29 is 13.2 Å². The molecule has 0 spiro atoms. The van der Waals surface area contributed by atoms with Crippen molar-refractivity contribution in [3.05, 3.63) is 35.5 Å². The SMILES string of the molecule is CCc1cccc2c(CCNS(=O)(=O)CC3CCOC3)c[nH]c12. The Morgan fingerprint density at radius 3 is 2.96 bits per heavy atom. The van der Waals surface area contributed by atoms with E-state index >= 15 is 0 Å². The second-order valence-corrected chi connectivity index (χ2v) is 8.01. The Hall–Kier alpha value is -1.37. The average Bonchev–Trinajstić information content (AvgIpc) is 3.16. The zero-order valence-electron chi connectivity index (χ0n) is 13.5. The highest BCUT2D eigenvalue weighted by atomic mass is 32.2. The van der Waals surface area contributed by atoms with Crippen LogP contribution in [0.3, 0.4) is 0 Å². The van der Waals surface area contributed by atoms with Crippen LogP contribution in [-0.2, 0) is 27.6 Å². The minimum atomic E-state index is -3.22. The van der Waals surface area contributed by atoms with Gasteiger partial charge >= 0.3 is 0 Å². The quantitative estimate of drug-likeness (QED) is 0.814. The first-order chi connectivity index (χ1) is 11.1. The molecule has 0 aliphatic carbocycles. The normalized spacial score (nSPS) is 18.7. The lowest BCUT2D eigenvalue weighted by molar-refractivity contribution is 0.188. The summed E-state index contributed by atoms with van der Waals surface area (Å²) in [6.45, 7) is 3.80. The molecule has 1 unspecified atom stereocenters. The molecule has 1 saturated heterocycles. The average molecular weight is 336 g/mol. The van der Waals surface area contributed by atoms with Gasteiger partial charge in [-0.1, -0.05) is 25.1 Å². The monoisotopic (exact) mass is 336 g/mol. The number of ether oxygens (including phenoxy) is 1. The van der Waals surface area contributed by atoms with E-state index in [0.29, 0.717) is 26.2 Å². The van der Waals surface area contributed by atoms with Gasteiger partial charge in [0.2, 0.25) is 10.0 Å². The number of rotatable bonds is 7. The summed E-state index contributed by atoms with van der Waals surface area (Å²) in [5.74, 6) is 0.300. The zero-order chi connectivity index (χ0) is 16.3. The fourth-order valence-corrected chi connectivity index (χ4v) is 4.62. The number of benzene rings is 1. The number of nitrogens with one attached hydrogen (secondary N) is 2. The topological polar surface area (TPSA) is 71.2 Å². The van der Waals surface area contributed by atoms with Crippen LogP contribution in [0.15, 0.2) is 24.4 Å². The molecule has 2 aromatic rings. The minimum absolute atomic E-state index is 0.132. The Labute approximate surface area is 137 Å². The van der Waals surface area contributed by atoms with Gasteiger partial charge in [-0.05, 0) is 36.3 Å². The second-order valence-electron chi connectivity index (χ2n) is 6.16. The van der Waals surface area contributed by atoms with Crippen LogP contribution in [0.1, 0.15) is 24.5 Å². The number of aromatic nitrogens is 1. The molecule has 126 valence electrons. The first-order valence-electron chi connectivity index (χ1n) is 8.22. The maximum Gasteiger partial charge on any atom is 0.211 e.